The molecular formula is C14H17BrO3. The van der Waals surface area contributed by atoms with Gasteiger partial charge in [-0.05, 0) is 59.8 Å². The molecule has 4 heteroatoms. The lowest BCUT2D eigenvalue weighted by atomic mass is 9.75. The van der Waals surface area contributed by atoms with E-state index in [1.54, 1.807) is 0 Å². The average molecular weight is 313 g/mol. The molecule has 0 bridgehead atoms. The third-order valence-electron chi connectivity index (χ3n) is 4.12. The van der Waals surface area contributed by atoms with E-state index in [-0.39, 0.29) is 5.75 Å². The number of aryl methyl sites for hydroxylation is 1. The number of benzene rings is 1. The third kappa shape index (κ3) is 1.83. The molecule has 0 heterocycles. The Kier molecular flexibility index (Phi) is 3.41. The van der Waals surface area contributed by atoms with Crippen LogP contribution in [-0.4, -0.2) is 16.2 Å². The Morgan fingerprint density at radius 3 is 2.39 bits per heavy atom. The van der Waals surface area contributed by atoms with E-state index in [1.165, 1.54) is 0 Å². The summed E-state index contributed by atoms with van der Waals surface area (Å²) < 4.78 is 0.577. The molecule has 0 aliphatic heterocycles. The zero-order valence-electron chi connectivity index (χ0n) is 10.6. The van der Waals surface area contributed by atoms with Crippen LogP contribution in [0.15, 0.2) is 10.5 Å². The Morgan fingerprint density at radius 2 is 1.89 bits per heavy atom. The molecule has 0 atom stereocenters. The van der Waals surface area contributed by atoms with Crippen LogP contribution in [0.3, 0.4) is 0 Å². The van der Waals surface area contributed by atoms with Crippen LogP contribution in [0.5, 0.6) is 5.75 Å². The van der Waals surface area contributed by atoms with Gasteiger partial charge in [0, 0.05) is 5.56 Å². The van der Waals surface area contributed by atoms with Gasteiger partial charge >= 0.3 is 5.97 Å². The fourth-order valence-electron chi connectivity index (χ4n) is 3.00. The highest BCUT2D eigenvalue weighted by molar-refractivity contribution is 9.10. The summed E-state index contributed by atoms with van der Waals surface area (Å²) in [6.07, 6.45) is 3.01. The summed E-state index contributed by atoms with van der Waals surface area (Å²) in [4.78, 5) is 11.7. The first-order valence-corrected chi connectivity index (χ1v) is 6.92. The average Bonchev–Trinajstić information content (AvgIpc) is 2.77. The van der Waals surface area contributed by atoms with Gasteiger partial charge < -0.3 is 10.2 Å². The molecule has 1 aliphatic rings. The van der Waals surface area contributed by atoms with E-state index in [2.05, 4.69) is 15.9 Å². The van der Waals surface area contributed by atoms with Crippen LogP contribution < -0.4 is 0 Å². The van der Waals surface area contributed by atoms with Gasteiger partial charge in [0.2, 0.25) is 0 Å². The molecule has 3 nitrogen and oxygen atoms in total. The number of halogens is 1. The van der Waals surface area contributed by atoms with Crippen LogP contribution in [-0.2, 0) is 10.2 Å². The molecule has 0 saturated heterocycles. The van der Waals surface area contributed by atoms with Gasteiger partial charge in [-0.15, -0.1) is 0 Å². The van der Waals surface area contributed by atoms with Crippen molar-refractivity contribution >= 4 is 21.9 Å². The van der Waals surface area contributed by atoms with Gasteiger partial charge in [0.15, 0.2) is 0 Å². The monoisotopic (exact) mass is 312 g/mol. The fraction of sp³-hybridized carbons (Fsp3) is 0.500. The number of carboxylic acids is 1. The second-order valence-corrected chi connectivity index (χ2v) is 5.97. The number of aliphatic carboxylic acids is 1. The second-order valence-electron chi connectivity index (χ2n) is 5.12. The third-order valence-corrected chi connectivity index (χ3v) is 4.72. The van der Waals surface area contributed by atoms with Gasteiger partial charge in [-0.1, -0.05) is 12.8 Å². The molecule has 0 unspecified atom stereocenters. The topological polar surface area (TPSA) is 57.5 Å². The van der Waals surface area contributed by atoms with E-state index in [0.29, 0.717) is 22.9 Å². The fourth-order valence-corrected chi connectivity index (χ4v) is 3.54. The first-order chi connectivity index (χ1) is 8.40. The Morgan fingerprint density at radius 1 is 1.33 bits per heavy atom. The van der Waals surface area contributed by atoms with Crippen LogP contribution >= 0.6 is 15.9 Å². The molecule has 98 valence electrons. The molecule has 1 saturated carbocycles. The first-order valence-electron chi connectivity index (χ1n) is 6.12. The summed E-state index contributed by atoms with van der Waals surface area (Å²) in [5.74, 6) is -0.738. The number of rotatable bonds is 2. The van der Waals surface area contributed by atoms with Crippen LogP contribution in [0.25, 0.3) is 0 Å². The smallest absolute Gasteiger partial charge is 0.314 e. The normalized spacial score (nSPS) is 17.9. The molecule has 2 rings (SSSR count). The summed E-state index contributed by atoms with van der Waals surface area (Å²) in [6.45, 7) is 3.83. The van der Waals surface area contributed by atoms with Gasteiger partial charge in [-0.25, -0.2) is 0 Å². The summed E-state index contributed by atoms with van der Waals surface area (Å²) in [5.41, 5.74) is 1.57. The van der Waals surface area contributed by atoms with Crippen molar-refractivity contribution < 1.29 is 15.0 Å². The summed E-state index contributed by atoms with van der Waals surface area (Å²) in [7, 11) is 0. The summed E-state index contributed by atoms with van der Waals surface area (Å²) in [5, 5.41) is 19.9. The molecule has 1 aromatic rings. The van der Waals surface area contributed by atoms with Crippen LogP contribution in [0.1, 0.15) is 42.4 Å². The number of carbonyl (C=O) groups is 1. The maximum atomic E-state index is 11.7. The highest BCUT2D eigenvalue weighted by atomic mass is 79.9. The van der Waals surface area contributed by atoms with Crippen molar-refractivity contribution in [2.45, 2.75) is 44.9 Å². The van der Waals surface area contributed by atoms with Crippen molar-refractivity contribution in [1.29, 1.82) is 0 Å². The van der Waals surface area contributed by atoms with E-state index >= 15 is 0 Å². The van der Waals surface area contributed by atoms with Gasteiger partial charge in [-0.3, -0.25) is 4.79 Å². The number of phenols is 1. The predicted octanol–water partition coefficient (Wildman–Crippen LogP) is 3.67. The standard InChI is InChI=1S/C14H17BrO3/c1-8-7-10(15)12(16)11(9(8)2)14(13(17)18)5-3-4-6-14/h7,16H,3-6H2,1-2H3,(H,17,18). The minimum absolute atomic E-state index is 0.0856. The lowest BCUT2D eigenvalue weighted by Crippen LogP contribution is -2.33. The Bertz CT molecular complexity index is 476. The summed E-state index contributed by atoms with van der Waals surface area (Å²) in [6, 6.07) is 1.83. The molecule has 0 amide bonds. The van der Waals surface area contributed by atoms with Gasteiger partial charge in [0.25, 0.3) is 0 Å². The molecule has 1 aromatic carbocycles. The maximum Gasteiger partial charge on any atom is 0.314 e. The quantitative estimate of drug-likeness (QED) is 0.876. The molecule has 18 heavy (non-hydrogen) atoms. The number of aromatic hydroxyl groups is 1. The second kappa shape index (κ2) is 4.57. The molecule has 1 fully saturated rings. The minimum atomic E-state index is -0.914. The summed E-state index contributed by atoms with van der Waals surface area (Å²) >= 11 is 3.31. The van der Waals surface area contributed by atoms with Crippen molar-refractivity contribution in [2.75, 3.05) is 0 Å². The highest BCUT2D eigenvalue weighted by Gasteiger charge is 2.46. The van der Waals surface area contributed by atoms with E-state index in [4.69, 9.17) is 0 Å². The molecule has 2 N–H and O–H groups in total. The van der Waals surface area contributed by atoms with Crippen molar-refractivity contribution in [3.8, 4) is 5.75 Å². The number of hydrogen-bond acceptors (Lipinski definition) is 2. The molecule has 0 radical (unpaired) electrons. The lowest BCUT2D eigenvalue weighted by Gasteiger charge is -2.28. The predicted molar refractivity (Wildman–Crippen MR) is 73.1 cm³/mol. The first kappa shape index (κ1) is 13.4. The Labute approximate surface area is 115 Å². The van der Waals surface area contributed by atoms with Gasteiger partial charge in [0.05, 0.1) is 9.89 Å². The molecule has 0 aromatic heterocycles. The van der Waals surface area contributed by atoms with Gasteiger partial charge in [-0.2, -0.15) is 0 Å². The minimum Gasteiger partial charge on any atom is -0.506 e. The van der Waals surface area contributed by atoms with Crippen LogP contribution in [0.2, 0.25) is 0 Å². The highest BCUT2D eigenvalue weighted by Crippen LogP contribution is 2.48. The van der Waals surface area contributed by atoms with E-state index in [0.717, 1.165) is 24.0 Å². The van der Waals surface area contributed by atoms with Crippen molar-refractivity contribution in [1.82, 2.24) is 0 Å². The number of carboxylic acid groups (broad SMARTS) is 1. The largest absolute Gasteiger partial charge is 0.506 e. The molecular weight excluding hydrogens is 296 g/mol. The Balaban J connectivity index is 2.73. The Hall–Kier alpha value is -1.03. The van der Waals surface area contributed by atoms with E-state index in [9.17, 15) is 15.0 Å². The van der Waals surface area contributed by atoms with E-state index < -0.39 is 11.4 Å². The number of phenolic OH excluding ortho intramolecular Hbond substituents is 1. The van der Waals surface area contributed by atoms with Crippen molar-refractivity contribution in [3.63, 3.8) is 0 Å². The zero-order valence-corrected chi connectivity index (χ0v) is 12.2. The molecule has 0 spiro atoms. The SMILES string of the molecule is Cc1cc(Br)c(O)c(C2(C(=O)O)CCCC2)c1C. The van der Waals surface area contributed by atoms with Crippen molar-refractivity contribution in [2.24, 2.45) is 0 Å². The van der Waals surface area contributed by atoms with Crippen LogP contribution in [0, 0.1) is 13.8 Å². The van der Waals surface area contributed by atoms with Gasteiger partial charge in [0.1, 0.15) is 5.75 Å². The lowest BCUT2D eigenvalue weighted by molar-refractivity contribution is -0.143. The molecule has 1 aliphatic carbocycles. The van der Waals surface area contributed by atoms with Crippen LogP contribution in [0.4, 0.5) is 0 Å². The maximum absolute atomic E-state index is 11.7. The number of hydrogen-bond donors (Lipinski definition) is 2. The zero-order chi connectivity index (χ0) is 13.5. The van der Waals surface area contributed by atoms with Crippen molar-refractivity contribution in [3.05, 3.63) is 27.2 Å². The van der Waals surface area contributed by atoms with E-state index in [1.807, 2.05) is 19.9 Å².